The third-order valence-corrected chi connectivity index (χ3v) is 4.70. The van der Waals surface area contributed by atoms with Gasteiger partial charge in [0.2, 0.25) is 0 Å². The number of piperidine rings is 1. The lowest BCUT2D eigenvalue weighted by molar-refractivity contribution is 0.445. The minimum Gasteiger partial charge on any atom is -0.316 e. The Morgan fingerprint density at radius 2 is 1.88 bits per heavy atom. The zero-order valence-corrected chi connectivity index (χ0v) is 11.2. The molecule has 1 saturated carbocycles. The maximum absolute atomic E-state index is 3.51. The molecule has 1 nitrogen and oxygen atoms in total. The summed E-state index contributed by atoms with van der Waals surface area (Å²) in [5, 5.41) is 3.51. The third-order valence-electron chi connectivity index (χ3n) is 4.70. The molecule has 2 aliphatic rings. The standard InChI is InChI=1S/C16H23N/c1-15(2,3)12-4-6-13(7-5-12)16-8-9-17-11-14(16)10-16/h4-7,14,17H,8-11H2,1-3H3. The smallest absolute Gasteiger partial charge is 0.000912 e. The van der Waals surface area contributed by atoms with Gasteiger partial charge in [0.05, 0.1) is 0 Å². The van der Waals surface area contributed by atoms with Gasteiger partial charge < -0.3 is 5.32 Å². The summed E-state index contributed by atoms with van der Waals surface area (Å²) in [7, 11) is 0. The molecule has 2 atom stereocenters. The number of benzene rings is 1. The van der Waals surface area contributed by atoms with Crippen molar-refractivity contribution in [2.24, 2.45) is 5.92 Å². The molecule has 0 aromatic heterocycles. The summed E-state index contributed by atoms with van der Waals surface area (Å²) in [6.07, 6.45) is 2.72. The molecule has 0 bridgehead atoms. The van der Waals surface area contributed by atoms with Crippen LogP contribution in [0.2, 0.25) is 0 Å². The van der Waals surface area contributed by atoms with Gasteiger partial charge in [0.1, 0.15) is 0 Å². The highest BCUT2D eigenvalue weighted by molar-refractivity contribution is 5.38. The van der Waals surface area contributed by atoms with E-state index in [-0.39, 0.29) is 5.41 Å². The summed E-state index contributed by atoms with van der Waals surface area (Å²) < 4.78 is 0. The van der Waals surface area contributed by atoms with E-state index in [9.17, 15) is 0 Å². The molecular weight excluding hydrogens is 206 g/mol. The topological polar surface area (TPSA) is 12.0 Å². The maximum Gasteiger partial charge on any atom is 0.000912 e. The van der Waals surface area contributed by atoms with E-state index in [1.165, 1.54) is 31.5 Å². The lowest BCUT2D eigenvalue weighted by atomic mass is 9.83. The van der Waals surface area contributed by atoms with Crippen molar-refractivity contribution in [3.05, 3.63) is 35.4 Å². The molecule has 1 heterocycles. The molecule has 3 rings (SSSR count). The Bertz CT molecular complexity index is 412. The Balaban J connectivity index is 1.86. The van der Waals surface area contributed by atoms with Crippen LogP contribution in [0.25, 0.3) is 0 Å². The van der Waals surface area contributed by atoms with E-state index in [1.807, 2.05) is 0 Å². The summed E-state index contributed by atoms with van der Waals surface area (Å²) in [6, 6.07) is 9.43. The number of hydrogen-bond acceptors (Lipinski definition) is 1. The second-order valence-electron chi connectivity index (χ2n) is 6.84. The molecular formula is C16H23N. The first kappa shape index (κ1) is 11.3. The van der Waals surface area contributed by atoms with E-state index in [0.717, 1.165) is 5.92 Å². The first-order chi connectivity index (χ1) is 8.02. The van der Waals surface area contributed by atoms with Gasteiger partial charge in [-0.2, -0.15) is 0 Å². The number of nitrogens with one attached hydrogen (secondary N) is 1. The van der Waals surface area contributed by atoms with Crippen LogP contribution in [0.4, 0.5) is 0 Å². The average molecular weight is 229 g/mol. The number of hydrogen-bond donors (Lipinski definition) is 1. The second-order valence-corrected chi connectivity index (χ2v) is 6.84. The highest BCUT2D eigenvalue weighted by atomic mass is 14.9. The van der Waals surface area contributed by atoms with Crippen molar-refractivity contribution in [2.45, 2.75) is 44.4 Å². The van der Waals surface area contributed by atoms with E-state index in [1.54, 1.807) is 5.56 Å². The van der Waals surface area contributed by atoms with Crippen molar-refractivity contribution in [2.75, 3.05) is 13.1 Å². The van der Waals surface area contributed by atoms with Crippen LogP contribution in [-0.4, -0.2) is 13.1 Å². The monoisotopic (exact) mass is 229 g/mol. The first-order valence-electron chi connectivity index (χ1n) is 6.84. The van der Waals surface area contributed by atoms with Crippen LogP contribution in [0, 0.1) is 5.92 Å². The van der Waals surface area contributed by atoms with Crippen molar-refractivity contribution in [3.63, 3.8) is 0 Å². The van der Waals surface area contributed by atoms with Crippen molar-refractivity contribution in [3.8, 4) is 0 Å². The number of rotatable bonds is 1. The van der Waals surface area contributed by atoms with Gasteiger partial charge in [-0.25, -0.2) is 0 Å². The minimum absolute atomic E-state index is 0.271. The van der Waals surface area contributed by atoms with Crippen molar-refractivity contribution in [1.82, 2.24) is 5.32 Å². The van der Waals surface area contributed by atoms with Crippen LogP contribution in [0.15, 0.2) is 24.3 Å². The molecule has 1 heteroatoms. The van der Waals surface area contributed by atoms with Crippen LogP contribution in [0.5, 0.6) is 0 Å². The predicted molar refractivity (Wildman–Crippen MR) is 72.4 cm³/mol. The van der Waals surface area contributed by atoms with E-state index in [0.29, 0.717) is 5.41 Å². The van der Waals surface area contributed by atoms with E-state index in [4.69, 9.17) is 0 Å². The zero-order chi connectivity index (χ0) is 12.1. The summed E-state index contributed by atoms with van der Waals surface area (Å²) in [6.45, 7) is 9.26. The SMILES string of the molecule is CC(C)(C)c1ccc(C23CCNCC2C3)cc1. The largest absolute Gasteiger partial charge is 0.316 e. The lowest BCUT2D eigenvalue weighted by Crippen LogP contribution is -2.31. The Kier molecular flexibility index (Phi) is 2.38. The summed E-state index contributed by atoms with van der Waals surface area (Å²) in [4.78, 5) is 0. The Morgan fingerprint density at radius 1 is 1.18 bits per heavy atom. The summed E-state index contributed by atoms with van der Waals surface area (Å²) in [5.74, 6) is 0.900. The summed E-state index contributed by atoms with van der Waals surface area (Å²) in [5.41, 5.74) is 3.84. The normalized spacial score (nSPS) is 32.1. The van der Waals surface area contributed by atoms with Crippen molar-refractivity contribution >= 4 is 0 Å². The van der Waals surface area contributed by atoms with Crippen molar-refractivity contribution in [1.29, 1.82) is 0 Å². The molecule has 1 N–H and O–H groups in total. The summed E-state index contributed by atoms with van der Waals surface area (Å²) >= 11 is 0. The minimum atomic E-state index is 0.271. The second kappa shape index (κ2) is 3.58. The molecule has 1 saturated heterocycles. The Hall–Kier alpha value is -0.820. The predicted octanol–water partition coefficient (Wildman–Crippen LogP) is 3.24. The molecule has 17 heavy (non-hydrogen) atoms. The molecule has 1 aliphatic heterocycles. The molecule has 1 aliphatic carbocycles. The van der Waals surface area contributed by atoms with Gasteiger partial charge in [-0.05, 0) is 48.4 Å². The maximum atomic E-state index is 3.51. The fourth-order valence-corrected chi connectivity index (χ4v) is 3.34. The number of fused-ring (bicyclic) bond motifs is 1. The van der Waals surface area contributed by atoms with Gasteiger partial charge in [-0.1, -0.05) is 45.0 Å². The highest BCUT2D eigenvalue weighted by Crippen LogP contribution is 2.57. The molecule has 92 valence electrons. The first-order valence-corrected chi connectivity index (χ1v) is 6.84. The van der Waals surface area contributed by atoms with Crippen LogP contribution < -0.4 is 5.32 Å². The van der Waals surface area contributed by atoms with E-state index in [2.05, 4.69) is 50.4 Å². The fourth-order valence-electron chi connectivity index (χ4n) is 3.34. The highest BCUT2D eigenvalue weighted by Gasteiger charge is 2.55. The van der Waals surface area contributed by atoms with E-state index >= 15 is 0 Å². The zero-order valence-electron chi connectivity index (χ0n) is 11.2. The van der Waals surface area contributed by atoms with Gasteiger partial charge in [-0.3, -0.25) is 0 Å². The molecule has 1 aromatic carbocycles. The van der Waals surface area contributed by atoms with Crippen molar-refractivity contribution < 1.29 is 0 Å². The molecule has 2 unspecified atom stereocenters. The quantitative estimate of drug-likeness (QED) is 0.779. The van der Waals surface area contributed by atoms with E-state index < -0.39 is 0 Å². The van der Waals surface area contributed by atoms with Gasteiger partial charge in [0.15, 0.2) is 0 Å². The molecule has 0 spiro atoms. The molecule has 1 aromatic rings. The van der Waals surface area contributed by atoms with Crippen LogP contribution >= 0.6 is 0 Å². The van der Waals surface area contributed by atoms with Crippen LogP contribution in [-0.2, 0) is 10.8 Å². The molecule has 0 radical (unpaired) electrons. The fraction of sp³-hybridized carbons (Fsp3) is 0.625. The third kappa shape index (κ3) is 1.81. The van der Waals surface area contributed by atoms with Crippen LogP contribution in [0.3, 0.4) is 0 Å². The van der Waals surface area contributed by atoms with Gasteiger partial charge in [-0.15, -0.1) is 0 Å². The Labute approximate surface area is 105 Å². The van der Waals surface area contributed by atoms with Crippen LogP contribution in [0.1, 0.15) is 44.7 Å². The van der Waals surface area contributed by atoms with Gasteiger partial charge in [0.25, 0.3) is 0 Å². The Morgan fingerprint density at radius 3 is 2.47 bits per heavy atom. The van der Waals surface area contributed by atoms with Gasteiger partial charge in [0, 0.05) is 5.41 Å². The molecule has 0 amide bonds. The van der Waals surface area contributed by atoms with Gasteiger partial charge >= 0.3 is 0 Å². The average Bonchev–Trinajstić information content (AvgIpc) is 3.03. The molecule has 2 fully saturated rings. The lowest BCUT2D eigenvalue weighted by Gasteiger charge is -2.25.